The molecule has 2 aromatic carbocycles. The molecule has 0 aliphatic rings. The molecule has 3 rings (SSSR count). The third kappa shape index (κ3) is 5.81. The van der Waals surface area contributed by atoms with E-state index in [2.05, 4.69) is 20.5 Å². The first-order valence-corrected chi connectivity index (χ1v) is 8.87. The van der Waals surface area contributed by atoms with E-state index in [1.807, 2.05) is 73.9 Å². The Bertz CT molecular complexity index is 874. The first kappa shape index (κ1) is 18.4. The number of carbonyl (C=O) groups is 1. The van der Waals surface area contributed by atoms with Crippen LogP contribution in [-0.4, -0.2) is 41.0 Å². The molecule has 1 N–H and O–H groups in total. The van der Waals surface area contributed by atoms with Gasteiger partial charge in [-0.05, 0) is 23.8 Å². The minimum absolute atomic E-state index is 0.144. The predicted molar refractivity (Wildman–Crippen MR) is 107 cm³/mol. The van der Waals surface area contributed by atoms with Crippen molar-refractivity contribution >= 4 is 17.7 Å². The number of hydrogen-bond donors (Lipinski definition) is 1. The van der Waals surface area contributed by atoms with Gasteiger partial charge in [0, 0.05) is 31.9 Å². The van der Waals surface area contributed by atoms with Crippen molar-refractivity contribution in [2.75, 3.05) is 25.0 Å². The van der Waals surface area contributed by atoms with Gasteiger partial charge in [-0.15, -0.1) is 5.10 Å². The van der Waals surface area contributed by atoms with E-state index in [1.54, 1.807) is 10.8 Å². The molecule has 1 aromatic heterocycles. The Morgan fingerprint density at radius 2 is 1.81 bits per heavy atom. The van der Waals surface area contributed by atoms with E-state index in [-0.39, 0.29) is 5.91 Å². The van der Waals surface area contributed by atoms with E-state index in [4.69, 9.17) is 0 Å². The standard InChI is InChI=1S/C21H23N5O/c1-25(20-10-6-3-7-11-20)15-14-22-21(27)13-12-19-17-26(24-23-19)16-18-8-4-2-5-9-18/h2-13,17H,14-16H2,1H3,(H,22,27)/b13-12+. The van der Waals surface area contributed by atoms with Crippen molar-refractivity contribution in [1.29, 1.82) is 0 Å². The molecule has 1 heterocycles. The minimum Gasteiger partial charge on any atom is -0.373 e. The fourth-order valence-electron chi connectivity index (χ4n) is 2.62. The van der Waals surface area contributed by atoms with Crippen molar-refractivity contribution in [2.45, 2.75) is 6.54 Å². The van der Waals surface area contributed by atoms with Crippen LogP contribution < -0.4 is 10.2 Å². The van der Waals surface area contributed by atoms with Crippen molar-refractivity contribution in [3.63, 3.8) is 0 Å². The van der Waals surface area contributed by atoms with Crippen molar-refractivity contribution < 1.29 is 4.79 Å². The van der Waals surface area contributed by atoms with E-state index < -0.39 is 0 Å². The van der Waals surface area contributed by atoms with Gasteiger partial charge in [0.1, 0.15) is 5.69 Å². The fourth-order valence-corrected chi connectivity index (χ4v) is 2.62. The largest absolute Gasteiger partial charge is 0.373 e. The number of nitrogens with one attached hydrogen (secondary N) is 1. The van der Waals surface area contributed by atoms with Gasteiger partial charge >= 0.3 is 0 Å². The number of carbonyl (C=O) groups excluding carboxylic acids is 1. The van der Waals surface area contributed by atoms with Crippen LogP contribution >= 0.6 is 0 Å². The van der Waals surface area contributed by atoms with Crippen LogP contribution in [0.5, 0.6) is 0 Å². The minimum atomic E-state index is -0.144. The smallest absolute Gasteiger partial charge is 0.244 e. The van der Waals surface area contributed by atoms with Gasteiger partial charge in [-0.3, -0.25) is 4.79 Å². The molecule has 1 amide bonds. The predicted octanol–water partition coefficient (Wildman–Crippen LogP) is 2.59. The molecule has 0 unspecified atom stereocenters. The number of nitrogens with zero attached hydrogens (tertiary/aromatic N) is 4. The molecule has 0 atom stereocenters. The van der Waals surface area contributed by atoms with Crippen LogP contribution in [0.25, 0.3) is 6.08 Å². The van der Waals surface area contributed by atoms with Crippen LogP contribution in [0, 0.1) is 0 Å². The second kappa shape index (κ2) is 9.33. The topological polar surface area (TPSA) is 63.1 Å². The molecule has 0 aliphatic heterocycles. The molecule has 0 aliphatic carbocycles. The highest BCUT2D eigenvalue weighted by Gasteiger charge is 2.02. The van der Waals surface area contributed by atoms with Crippen LogP contribution in [0.1, 0.15) is 11.3 Å². The summed E-state index contributed by atoms with van der Waals surface area (Å²) in [5.41, 5.74) is 2.93. The fraction of sp³-hybridized carbons (Fsp3) is 0.190. The summed E-state index contributed by atoms with van der Waals surface area (Å²) < 4.78 is 1.75. The van der Waals surface area contributed by atoms with Crippen LogP contribution in [0.4, 0.5) is 5.69 Å². The Labute approximate surface area is 159 Å². The van der Waals surface area contributed by atoms with Crippen LogP contribution in [0.15, 0.2) is 72.9 Å². The number of hydrogen-bond acceptors (Lipinski definition) is 4. The van der Waals surface area contributed by atoms with Crippen LogP contribution in [0.2, 0.25) is 0 Å². The van der Waals surface area contributed by atoms with Gasteiger partial charge < -0.3 is 10.2 Å². The second-order valence-corrected chi connectivity index (χ2v) is 6.21. The van der Waals surface area contributed by atoms with Crippen molar-refractivity contribution in [3.8, 4) is 0 Å². The second-order valence-electron chi connectivity index (χ2n) is 6.21. The number of likely N-dealkylation sites (N-methyl/N-ethyl adjacent to an activating group) is 1. The number of para-hydroxylation sites is 1. The Morgan fingerprint density at radius 3 is 2.56 bits per heavy atom. The number of benzene rings is 2. The number of aromatic nitrogens is 3. The number of anilines is 1. The van der Waals surface area contributed by atoms with Crippen molar-refractivity contribution in [3.05, 3.63) is 84.2 Å². The highest BCUT2D eigenvalue weighted by Crippen LogP contribution is 2.09. The summed E-state index contributed by atoms with van der Waals surface area (Å²) in [6.45, 7) is 1.95. The lowest BCUT2D eigenvalue weighted by molar-refractivity contribution is -0.116. The van der Waals surface area contributed by atoms with E-state index in [0.29, 0.717) is 18.8 Å². The van der Waals surface area contributed by atoms with Crippen molar-refractivity contribution in [1.82, 2.24) is 20.3 Å². The first-order valence-electron chi connectivity index (χ1n) is 8.87. The average Bonchev–Trinajstić information content (AvgIpc) is 3.15. The lowest BCUT2D eigenvalue weighted by Gasteiger charge is -2.19. The number of rotatable bonds is 8. The van der Waals surface area contributed by atoms with E-state index in [9.17, 15) is 4.79 Å². The summed E-state index contributed by atoms with van der Waals surface area (Å²) in [5, 5.41) is 11.0. The summed E-state index contributed by atoms with van der Waals surface area (Å²) in [6, 6.07) is 20.1. The van der Waals surface area contributed by atoms with Gasteiger partial charge in [-0.25, -0.2) is 4.68 Å². The molecular weight excluding hydrogens is 338 g/mol. The Balaban J connectivity index is 1.43. The SMILES string of the molecule is CN(CCNC(=O)/C=C/c1cn(Cc2ccccc2)nn1)c1ccccc1. The highest BCUT2D eigenvalue weighted by atomic mass is 16.1. The van der Waals surface area contributed by atoms with Gasteiger partial charge in [0.05, 0.1) is 12.7 Å². The Morgan fingerprint density at radius 1 is 1.11 bits per heavy atom. The van der Waals surface area contributed by atoms with Gasteiger partial charge in [0.25, 0.3) is 0 Å². The lowest BCUT2D eigenvalue weighted by atomic mass is 10.2. The molecule has 0 fully saturated rings. The lowest BCUT2D eigenvalue weighted by Crippen LogP contribution is -2.31. The van der Waals surface area contributed by atoms with E-state index in [1.165, 1.54) is 6.08 Å². The summed E-state index contributed by atoms with van der Waals surface area (Å²) in [6.07, 6.45) is 4.98. The zero-order chi connectivity index (χ0) is 18.9. The monoisotopic (exact) mass is 361 g/mol. The Kier molecular flexibility index (Phi) is 6.35. The molecule has 138 valence electrons. The number of amides is 1. The normalized spacial score (nSPS) is 10.9. The summed E-state index contributed by atoms with van der Waals surface area (Å²) in [4.78, 5) is 14.1. The van der Waals surface area contributed by atoms with E-state index in [0.717, 1.165) is 17.8 Å². The molecular formula is C21H23N5O. The summed E-state index contributed by atoms with van der Waals surface area (Å²) >= 11 is 0. The molecule has 0 bridgehead atoms. The molecule has 27 heavy (non-hydrogen) atoms. The summed E-state index contributed by atoms with van der Waals surface area (Å²) in [5.74, 6) is -0.144. The van der Waals surface area contributed by atoms with Crippen LogP contribution in [-0.2, 0) is 11.3 Å². The summed E-state index contributed by atoms with van der Waals surface area (Å²) in [7, 11) is 2.00. The van der Waals surface area contributed by atoms with Gasteiger partial charge in [-0.2, -0.15) is 0 Å². The average molecular weight is 361 g/mol. The van der Waals surface area contributed by atoms with Gasteiger partial charge in [-0.1, -0.05) is 53.7 Å². The zero-order valence-corrected chi connectivity index (χ0v) is 15.3. The zero-order valence-electron chi connectivity index (χ0n) is 15.3. The highest BCUT2D eigenvalue weighted by molar-refractivity contribution is 5.91. The van der Waals surface area contributed by atoms with Gasteiger partial charge in [0.2, 0.25) is 5.91 Å². The Hall–Kier alpha value is -3.41. The third-order valence-electron chi connectivity index (χ3n) is 4.09. The quantitative estimate of drug-likeness (QED) is 0.627. The first-order chi connectivity index (χ1) is 13.2. The molecule has 0 radical (unpaired) electrons. The molecule has 0 spiro atoms. The molecule has 3 aromatic rings. The molecule has 0 saturated carbocycles. The molecule has 6 nitrogen and oxygen atoms in total. The van der Waals surface area contributed by atoms with E-state index >= 15 is 0 Å². The molecule has 6 heteroatoms. The van der Waals surface area contributed by atoms with Crippen LogP contribution in [0.3, 0.4) is 0 Å². The maximum atomic E-state index is 12.0. The van der Waals surface area contributed by atoms with Gasteiger partial charge in [0.15, 0.2) is 0 Å². The third-order valence-corrected chi connectivity index (χ3v) is 4.09. The maximum Gasteiger partial charge on any atom is 0.244 e. The molecule has 0 saturated heterocycles. The maximum absolute atomic E-state index is 12.0. The van der Waals surface area contributed by atoms with Crippen molar-refractivity contribution in [2.24, 2.45) is 0 Å².